The van der Waals surface area contributed by atoms with Crippen LogP contribution in [0.5, 0.6) is 0 Å². The van der Waals surface area contributed by atoms with E-state index in [4.69, 9.17) is 4.52 Å². The minimum absolute atomic E-state index is 0. The molecule has 1 fully saturated rings. The fourth-order valence-corrected chi connectivity index (χ4v) is 3.09. The number of hydrogen-bond donors (Lipinski definition) is 2. The average molecular weight is 520 g/mol. The molecule has 8 heteroatoms. The number of rotatable bonds is 6. The van der Waals surface area contributed by atoms with E-state index in [2.05, 4.69) is 72.9 Å². The first-order chi connectivity index (χ1) is 11.6. The Hall–Kier alpha value is -1.16. The molecule has 136 valence electrons. The van der Waals surface area contributed by atoms with Gasteiger partial charge in [-0.2, -0.15) is 4.98 Å². The van der Waals surface area contributed by atoms with Crippen molar-refractivity contribution >= 4 is 45.9 Å². The lowest BCUT2D eigenvalue weighted by molar-refractivity contribution is 0.387. The molecule has 0 unspecified atom stereocenters. The van der Waals surface area contributed by atoms with Gasteiger partial charge in [0, 0.05) is 29.9 Å². The molecule has 0 radical (unpaired) electrons. The monoisotopic (exact) mass is 519 g/mol. The van der Waals surface area contributed by atoms with Crippen LogP contribution in [0, 0.1) is 6.92 Å². The second-order valence-electron chi connectivity index (χ2n) is 6.07. The fourth-order valence-electron chi connectivity index (χ4n) is 2.69. The lowest BCUT2D eigenvalue weighted by Crippen LogP contribution is -2.41. The van der Waals surface area contributed by atoms with Gasteiger partial charge in [0.2, 0.25) is 5.89 Å². The lowest BCUT2D eigenvalue weighted by Gasteiger charge is -2.19. The summed E-state index contributed by atoms with van der Waals surface area (Å²) < 4.78 is 6.10. The van der Waals surface area contributed by atoms with E-state index in [9.17, 15) is 0 Å². The molecular formula is C17H23BrIN5O. The minimum atomic E-state index is 0. The van der Waals surface area contributed by atoms with Crippen LogP contribution in [0.4, 0.5) is 0 Å². The highest BCUT2D eigenvalue weighted by Crippen LogP contribution is 2.48. The highest BCUT2D eigenvalue weighted by Gasteiger charge is 2.44. The number of aliphatic imine (C=N–C) groups is 1. The summed E-state index contributed by atoms with van der Waals surface area (Å²) in [6, 6.07) is 8.56. The van der Waals surface area contributed by atoms with Gasteiger partial charge in [-0.1, -0.05) is 33.2 Å². The third kappa shape index (κ3) is 5.40. The number of nitrogens with zero attached hydrogens (tertiary/aromatic N) is 3. The summed E-state index contributed by atoms with van der Waals surface area (Å²) in [5.74, 6) is 1.93. The van der Waals surface area contributed by atoms with Gasteiger partial charge in [-0.15, -0.1) is 24.0 Å². The molecule has 1 heterocycles. The van der Waals surface area contributed by atoms with Crippen molar-refractivity contribution in [3.8, 4) is 0 Å². The third-order valence-electron chi connectivity index (χ3n) is 4.18. The van der Waals surface area contributed by atoms with Crippen LogP contribution < -0.4 is 10.6 Å². The standard InChI is InChI=1S/C17H22BrN5O.HI/c1-3-19-16(20-10-15-22-12(2)24-23-15)21-11-17(7-8-17)13-5-4-6-14(18)9-13;/h4-6,9H,3,7-8,10-11H2,1-2H3,(H2,19,20,21);1H. The molecule has 0 bridgehead atoms. The zero-order chi connectivity index (χ0) is 17.0. The molecule has 0 spiro atoms. The highest BCUT2D eigenvalue weighted by molar-refractivity contribution is 14.0. The topological polar surface area (TPSA) is 75.3 Å². The Morgan fingerprint density at radius 1 is 1.36 bits per heavy atom. The quantitative estimate of drug-likeness (QED) is 0.347. The summed E-state index contributed by atoms with van der Waals surface area (Å²) in [5.41, 5.74) is 1.58. The van der Waals surface area contributed by atoms with Crippen LogP contribution in [0.15, 0.2) is 38.3 Å². The van der Waals surface area contributed by atoms with E-state index < -0.39 is 0 Å². The van der Waals surface area contributed by atoms with E-state index in [0.717, 1.165) is 23.5 Å². The smallest absolute Gasteiger partial charge is 0.223 e. The molecule has 2 aromatic rings. The normalized spacial score (nSPS) is 15.4. The van der Waals surface area contributed by atoms with Crippen molar-refractivity contribution in [3.05, 3.63) is 46.0 Å². The molecule has 0 amide bonds. The van der Waals surface area contributed by atoms with Crippen molar-refractivity contribution in [2.24, 2.45) is 4.99 Å². The molecule has 1 saturated carbocycles. The van der Waals surface area contributed by atoms with Crippen molar-refractivity contribution in [1.29, 1.82) is 0 Å². The van der Waals surface area contributed by atoms with Gasteiger partial charge in [-0.25, -0.2) is 4.99 Å². The van der Waals surface area contributed by atoms with E-state index in [1.165, 1.54) is 18.4 Å². The van der Waals surface area contributed by atoms with Gasteiger partial charge in [-0.3, -0.25) is 0 Å². The molecule has 25 heavy (non-hydrogen) atoms. The van der Waals surface area contributed by atoms with Crippen molar-refractivity contribution in [2.45, 2.75) is 38.6 Å². The predicted octanol–water partition coefficient (Wildman–Crippen LogP) is 3.55. The summed E-state index contributed by atoms with van der Waals surface area (Å²) in [4.78, 5) is 8.71. The van der Waals surface area contributed by atoms with E-state index >= 15 is 0 Å². The van der Waals surface area contributed by atoms with Crippen molar-refractivity contribution in [2.75, 3.05) is 13.1 Å². The van der Waals surface area contributed by atoms with Crippen LogP contribution in [0.1, 0.15) is 37.0 Å². The van der Waals surface area contributed by atoms with Crippen molar-refractivity contribution in [1.82, 2.24) is 20.8 Å². The zero-order valence-corrected chi connectivity index (χ0v) is 18.3. The molecule has 1 aliphatic carbocycles. The molecule has 1 aromatic carbocycles. The Labute approximate surface area is 173 Å². The predicted molar refractivity (Wildman–Crippen MR) is 112 cm³/mol. The minimum Gasteiger partial charge on any atom is -0.357 e. The summed E-state index contributed by atoms with van der Waals surface area (Å²) in [7, 11) is 0. The van der Waals surface area contributed by atoms with Crippen LogP contribution in [0.25, 0.3) is 0 Å². The van der Waals surface area contributed by atoms with E-state index in [1.807, 2.05) is 0 Å². The molecule has 6 nitrogen and oxygen atoms in total. The van der Waals surface area contributed by atoms with Crippen LogP contribution in [0.2, 0.25) is 0 Å². The second kappa shape index (κ2) is 8.98. The number of halogens is 2. The van der Waals surface area contributed by atoms with Crippen LogP contribution >= 0.6 is 39.9 Å². The van der Waals surface area contributed by atoms with Crippen molar-refractivity contribution in [3.63, 3.8) is 0 Å². The Morgan fingerprint density at radius 3 is 2.76 bits per heavy atom. The first-order valence-electron chi connectivity index (χ1n) is 8.19. The van der Waals surface area contributed by atoms with Gasteiger partial charge in [0.15, 0.2) is 11.8 Å². The third-order valence-corrected chi connectivity index (χ3v) is 4.67. The van der Waals surface area contributed by atoms with Gasteiger partial charge in [-0.05, 0) is 37.5 Å². The largest absolute Gasteiger partial charge is 0.357 e. The maximum Gasteiger partial charge on any atom is 0.223 e. The molecule has 1 aliphatic rings. The summed E-state index contributed by atoms with van der Waals surface area (Å²) in [5, 5.41) is 10.6. The summed E-state index contributed by atoms with van der Waals surface area (Å²) >= 11 is 3.56. The average Bonchev–Trinajstić information content (AvgIpc) is 3.25. The Morgan fingerprint density at radius 2 is 2.16 bits per heavy atom. The van der Waals surface area contributed by atoms with Gasteiger partial charge in [0.25, 0.3) is 0 Å². The van der Waals surface area contributed by atoms with E-state index in [0.29, 0.717) is 18.3 Å². The molecule has 0 saturated heterocycles. The summed E-state index contributed by atoms with van der Waals surface area (Å²) in [6.07, 6.45) is 2.39. The Balaban J connectivity index is 0.00000225. The van der Waals surface area contributed by atoms with Crippen LogP contribution in [-0.4, -0.2) is 29.2 Å². The second-order valence-corrected chi connectivity index (χ2v) is 6.98. The van der Waals surface area contributed by atoms with Gasteiger partial charge < -0.3 is 15.2 Å². The molecule has 3 rings (SSSR count). The Kier molecular flexibility index (Phi) is 7.24. The molecule has 0 aliphatic heterocycles. The van der Waals surface area contributed by atoms with Crippen LogP contribution in [0.3, 0.4) is 0 Å². The molecule has 2 N–H and O–H groups in total. The Bertz CT molecular complexity index is 729. The number of nitrogens with one attached hydrogen (secondary N) is 2. The molecule has 0 atom stereocenters. The molecule has 1 aromatic heterocycles. The molecular weight excluding hydrogens is 497 g/mol. The maximum atomic E-state index is 4.97. The number of hydrogen-bond acceptors (Lipinski definition) is 4. The fraction of sp³-hybridized carbons (Fsp3) is 0.471. The van der Waals surface area contributed by atoms with Crippen LogP contribution in [-0.2, 0) is 12.0 Å². The SMILES string of the molecule is CCNC(=NCc1noc(C)n1)NCC1(c2cccc(Br)c2)CC1.I. The van der Waals surface area contributed by atoms with E-state index in [-0.39, 0.29) is 29.4 Å². The zero-order valence-electron chi connectivity index (χ0n) is 14.4. The van der Waals surface area contributed by atoms with Crippen molar-refractivity contribution < 1.29 is 4.52 Å². The first kappa shape index (κ1) is 20.2. The number of benzene rings is 1. The van der Waals surface area contributed by atoms with Gasteiger partial charge in [0.05, 0.1) is 0 Å². The van der Waals surface area contributed by atoms with Gasteiger partial charge >= 0.3 is 0 Å². The number of guanidine groups is 1. The number of aromatic nitrogens is 2. The number of aryl methyl sites for hydroxylation is 1. The first-order valence-corrected chi connectivity index (χ1v) is 8.98. The van der Waals surface area contributed by atoms with E-state index in [1.54, 1.807) is 6.92 Å². The summed E-state index contributed by atoms with van der Waals surface area (Å²) in [6.45, 7) is 5.90. The maximum absolute atomic E-state index is 4.97. The van der Waals surface area contributed by atoms with Gasteiger partial charge in [0.1, 0.15) is 6.54 Å². The highest BCUT2D eigenvalue weighted by atomic mass is 127. The lowest BCUT2D eigenvalue weighted by atomic mass is 9.96.